The van der Waals surface area contributed by atoms with Crippen LogP contribution in [0.1, 0.15) is 52.7 Å². The summed E-state index contributed by atoms with van der Waals surface area (Å²) in [6.07, 6.45) is 0.163. The average Bonchev–Trinajstić information content (AvgIpc) is 2.76. The van der Waals surface area contributed by atoms with Gasteiger partial charge < -0.3 is 9.73 Å². The molecule has 2 N–H and O–H groups in total. The molecular formula is C27H29F3N2O4. The van der Waals surface area contributed by atoms with E-state index in [9.17, 15) is 27.6 Å². The minimum atomic E-state index is -1.09. The monoisotopic (exact) mass is 502 g/mol. The lowest BCUT2D eigenvalue weighted by molar-refractivity contribution is -0.124. The van der Waals surface area contributed by atoms with Crippen molar-refractivity contribution in [1.29, 1.82) is 0 Å². The molecule has 9 heteroatoms. The molecule has 1 aromatic heterocycles. The van der Waals surface area contributed by atoms with Gasteiger partial charge in [-0.3, -0.25) is 19.7 Å². The molecule has 0 saturated heterocycles. The molecule has 3 rings (SSSR count). The number of nitrogens with one attached hydrogen (secondary N) is 2. The minimum Gasteiger partial charge on any atom is -0.437 e. The smallest absolute Gasteiger partial charge is 0.232 e. The molecule has 0 aliphatic carbocycles. The van der Waals surface area contributed by atoms with E-state index in [2.05, 4.69) is 10.6 Å². The third-order valence-corrected chi connectivity index (χ3v) is 5.82. The molecule has 0 atom stereocenters. The maximum Gasteiger partial charge on any atom is 0.232 e. The molecule has 2 amide bonds. The maximum atomic E-state index is 14.7. The second-order valence-electron chi connectivity index (χ2n) is 10.4. The molecule has 0 aliphatic rings. The van der Waals surface area contributed by atoms with Crippen LogP contribution in [0.15, 0.2) is 39.5 Å². The van der Waals surface area contributed by atoms with Crippen LogP contribution in [0, 0.1) is 28.3 Å². The van der Waals surface area contributed by atoms with E-state index in [1.54, 1.807) is 47.6 Å². The number of rotatable bonds is 6. The highest BCUT2D eigenvalue weighted by molar-refractivity contribution is 5.95. The second kappa shape index (κ2) is 9.79. The lowest BCUT2D eigenvalue weighted by Gasteiger charge is -2.24. The summed E-state index contributed by atoms with van der Waals surface area (Å²) < 4.78 is 48.8. The summed E-state index contributed by atoms with van der Waals surface area (Å²) in [5, 5.41) is 4.74. The number of hydrogen-bond donors (Lipinski definition) is 2. The van der Waals surface area contributed by atoms with Gasteiger partial charge in [0.2, 0.25) is 17.7 Å². The highest BCUT2D eigenvalue weighted by Crippen LogP contribution is 2.29. The molecule has 0 unspecified atom stereocenters. The molecular weight excluding hydrogens is 473 g/mol. The van der Waals surface area contributed by atoms with Crippen LogP contribution in [-0.2, 0) is 22.4 Å². The first-order valence-electron chi connectivity index (χ1n) is 11.5. The van der Waals surface area contributed by atoms with Gasteiger partial charge in [-0.05, 0) is 36.6 Å². The van der Waals surface area contributed by atoms with Gasteiger partial charge in [0.1, 0.15) is 11.6 Å². The zero-order chi connectivity index (χ0) is 27.0. The fourth-order valence-electron chi connectivity index (χ4n) is 3.60. The van der Waals surface area contributed by atoms with Gasteiger partial charge in [-0.1, -0.05) is 47.6 Å². The summed E-state index contributed by atoms with van der Waals surface area (Å²) in [6.45, 7) is 9.92. The molecule has 1 heterocycles. The first-order valence-corrected chi connectivity index (χ1v) is 11.5. The summed E-state index contributed by atoms with van der Waals surface area (Å²) in [5.41, 5.74) is -2.63. The van der Waals surface area contributed by atoms with Crippen LogP contribution in [0.2, 0.25) is 0 Å². The largest absolute Gasteiger partial charge is 0.437 e. The van der Waals surface area contributed by atoms with Crippen molar-refractivity contribution in [2.45, 2.75) is 54.4 Å². The van der Waals surface area contributed by atoms with Crippen LogP contribution in [-0.4, -0.2) is 11.8 Å². The summed E-state index contributed by atoms with van der Waals surface area (Å²) in [6, 6.07) is 6.13. The zero-order valence-electron chi connectivity index (χ0n) is 21.1. The van der Waals surface area contributed by atoms with Crippen LogP contribution in [0.3, 0.4) is 0 Å². The van der Waals surface area contributed by atoms with E-state index in [-0.39, 0.29) is 41.3 Å². The standard InChI is InChI=1S/C27H29F3N2O4/c1-7-15-17(28)11-16-20(33)12-21(36-23(16)22(15)30)32-25(35)27(5,6)13-14-8-9-19(18(29)10-14)31-24(34)26(2,3)4/h8-12H,7,13H2,1-6H3,(H,31,34)(H,32,35). The predicted molar refractivity (Wildman–Crippen MR) is 132 cm³/mol. The Labute approximate surface area is 206 Å². The van der Waals surface area contributed by atoms with Gasteiger partial charge in [-0.15, -0.1) is 0 Å². The number of amides is 2. The molecule has 192 valence electrons. The molecule has 0 fully saturated rings. The van der Waals surface area contributed by atoms with Gasteiger partial charge in [0.15, 0.2) is 16.8 Å². The first-order chi connectivity index (χ1) is 16.6. The third kappa shape index (κ3) is 5.61. The Morgan fingerprint density at radius 1 is 0.917 bits per heavy atom. The summed E-state index contributed by atoms with van der Waals surface area (Å²) in [4.78, 5) is 37.5. The summed E-state index contributed by atoms with van der Waals surface area (Å²) in [5.74, 6) is -3.66. The fourth-order valence-corrected chi connectivity index (χ4v) is 3.60. The van der Waals surface area contributed by atoms with Crippen molar-refractivity contribution in [2.75, 3.05) is 10.6 Å². The number of carbonyl (C=O) groups is 2. The number of anilines is 2. The first kappa shape index (κ1) is 27.0. The SMILES string of the molecule is CCc1c(F)cc2c(=O)cc(NC(=O)C(C)(C)Cc3ccc(NC(=O)C(C)(C)C)c(F)c3)oc2c1F. The fraction of sp³-hybridized carbons (Fsp3) is 0.370. The lowest BCUT2D eigenvalue weighted by atomic mass is 9.84. The highest BCUT2D eigenvalue weighted by atomic mass is 19.1. The zero-order valence-corrected chi connectivity index (χ0v) is 21.1. The van der Waals surface area contributed by atoms with E-state index >= 15 is 0 Å². The Morgan fingerprint density at radius 3 is 2.17 bits per heavy atom. The molecule has 0 spiro atoms. The molecule has 3 aromatic rings. The third-order valence-electron chi connectivity index (χ3n) is 5.82. The Hall–Kier alpha value is -3.62. The van der Waals surface area contributed by atoms with Gasteiger partial charge in [-0.25, -0.2) is 13.2 Å². The highest BCUT2D eigenvalue weighted by Gasteiger charge is 2.30. The maximum absolute atomic E-state index is 14.7. The van der Waals surface area contributed by atoms with Gasteiger partial charge in [-0.2, -0.15) is 0 Å². The number of benzene rings is 2. The topological polar surface area (TPSA) is 88.4 Å². The van der Waals surface area contributed by atoms with Crippen molar-refractivity contribution in [3.63, 3.8) is 0 Å². The van der Waals surface area contributed by atoms with Crippen molar-refractivity contribution in [3.8, 4) is 0 Å². The van der Waals surface area contributed by atoms with Crippen LogP contribution < -0.4 is 16.1 Å². The number of hydrogen-bond acceptors (Lipinski definition) is 4. The lowest BCUT2D eigenvalue weighted by Crippen LogP contribution is -2.33. The van der Waals surface area contributed by atoms with Crippen LogP contribution in [0.25, 0.3) is 11.0 Å². The van der Waals surface area contributed by atoms with Crippen LogP contribution in [0.4, 0.5) is 24.7 Å². The van der Waals surface area contributed by atoms with Gasteiger partial charge in [0.25, 0.3) is 0 Å². The van der Waals surface area contributed by atoms with Crippen LogP contribution in [0.5, 0.6) is 0 Å². The Bertz CT molecular complexity index is 1400. The van der Waals surface area contributed by atoms with E-state index in [0.717, 1.165) is 12.1 Å². The van der Waals surface area contributed by atoms with Gasteiger partial charge >= 0.3 is 0 Å². The van der Waals surface area contributed by atoms with Crippen LogP contribution >= 0.6 is 0 Å². The van der Waals surface area contributed by atoms with E-state index in [1.807, 2.05) is 0 Å². The van der Waals surface area contributed by atoms with Crippen molar-refractivity contribution in [1.82, 2.24) is 0 Å². The molecule has 0 bridgehead atoms. The Morgan fingerprint density at radius 2 is 1.58 bits per heavy atom. The molecule has 0 saturated carbocycles. The van der Waals surface area contributed by atoms with E-state index in [1.165, 1.54) is 12.1 Å². The molecule has 6 nitrogen and oxygen atoms in total. The number of fused-ring (bicyclic) bond motifs is 1. The van der Waals surface area contributed by atoms with Crippen molar-refractivity contribution in [3.05, 3.63) is 69.1 Å². The second-order valence-corrected chi connectivity index (χ2v) is 10.4. The molecule has 0 radical (unpaired) electrons. The van der Waals surface area contributed by atoms with E-state index in [4.69, 9.17) is 4.42 Å². The molecule has 0 aliphatic heterocycles. The van der Waals surface area contributed by atoms with E-state index < -0.39 is 45.2 Å². The normalized spacial score (nSPS) is 12.0. The quantitative estimate of drug-likeness (QED) is 0.435. The number of halogens is 3. The minimum absolute atomic E-state index is 0.0313. The summed E-state index contributed by atoms with van der Waals surface area (Å²) in [7, 11) is 0. The predicted octanol–water partition coefficient (Wildman–Crippen LogP) is 5.96. The van der Waals surface area contributed by atoms with Gasteiger partial charge in [0.05, 0.1) is 11.1 Å². The van der Waals surface area contributed by atoms with Gasteiger partial charge in [0, 0.05) is 22.5 Å². The van der Waals surface area contributed by atoms with E-state index in [0.29, 0.717) is 5.56 Å². The molecule has 36 heavy (non-hydrogen) atoms. The summed E-state index contributed by atoms with van der Waals surface area (Å²) >= 11 is 0. The van der Waals surface area contributed by atoms with Crippen molar-refractivity contribution >= 4 is 34.4 Å². The Kier molecular flexibility index (Phi) is 7.34. The van der Waals surface area contributed by atoms with Crippen molar-refractivity contribution in [2.24, 2.45) is 10.8 Å². The average molecular weight is 503 g/mol. The van der Waals surface area contributed by atoms with Crippen molar-refractivity contribution < 1.29 is 27.2 Å². The molecule has 2 aromatic carbocycles. The Balaban J connectivity index is 1.82. The number of carbonyl (C=O) groups excluding carboxylic acids is 2.